The second-order valence-electron chi connectivity index (χ2n) is 4.81. The van der Waals surface area contributed by atoms with E-state index in [0.29, 0.717) is 6.42 Å². The lowest BCUT2D eigenvalue weighted by atomic mass is 9.52. The van der Waals surface area contributed by atoms with Crippen LogP contribution in [0.15, 0.2) is 24.3 Å². The highest BCUT2D eigenvalue weighted by Gasteiger charge is 2.11. The minimum atomic E-state index is -0.718. The predicted molar refractivity (Wildman–Crippen MR) is 82.5 cm³/mol. The van der Waals surface area contributed by atoms with Crippen LogP contribution in [0.2, 0.25) is 5.21 Å². The highest BCUT2D eigenvalue weighted by molar-refractivity contribution is 6.41. The van der Waals surface area contributed by atoms with Gasteiger partial charge in [0.25, 0.3) is 0 Å². The molecule has 0 aromatic heterocycles. The number of carbonyl (C=O) groups excluding carboxylic acids is 1. The maximum atomic E-state index is 10.9. The van der Waals surface area contributed by atoms with E-state index in [-0.39, 0.29) is 5.97 Å². The molecule has 2 nitrogen and oxygen atoms in total. The molecule has 0 saturated carbocycles. The van der Waals surface area contributed by atoms with Gasteiger partial charge in [0.05, 0.1) is 22.8 Å². The molecular weight excluding hydrogens is 234 g/mol. The van der Waals surface area contributed by atoms with Gasteiger partial charge in [0.2, 0.25) is 0 Å². The number of hydrogen-bond donors (Lipinski definition) is 0. The second-order valence-corrected chi connectivity index (χ2v) is 4.81. The number of ether oxygens (including phenoxy) is 1. The van der Waals surface area contributed by atoms with E-state index in [0.717, 1.165) is 38.5 Å². The topological polar surface area (TPSA) is 26.3 Å². The highest BCUT2D eigenvalue weighted by Crippen LogP contribution is 2.26. The van der Waals surface area contributed by atoms with Crippen molar-refractivity contribution in [1.82, 2.24) is 0 Å². The molecule has 0 saturated heterocycles. The van der Waals surface area contributed by atoms with Gasteiger partial charge in [0.15, 0.2) is 0 Å². The van der Waals surface area contributed by atoms with Crippen molar-refractivity contribution in [3.05, 3.63) is 24.3 Å². The fourth-order valence-corrected chi connectivity index (χ4v) is 1.74. The van der Waals surface area contributed by atoms with Crippen molar-refractivity contribution in [2.45, 2.75) is 57.1 Å². The summed E-state index contributed by atoms with van der Waals surface area (Å²) in [7, 11) is 13.4. The second kappa shape index (κ2) is 11.0. The zero-order valence-corrected chi connectivity index (χ0v) is 12.2. The Bertz CT molecular complexity index is 297. The van der Waals surface area contributed by atoms with Crippen LogP contribution in [0.5, 0.6) is 0 Å². The smallest absolute Gasteiger partial charge is 0.305 e. The van der Waals surface area contributed by atoms with Gasteiger partial charge in [0, 0.05) is 6.42 Å². The van der Waals surface area contributed by atoms with Crippen LogP contribution in [-0.4, -0.2) is 28.8 Å². The molecule has 0 aliphatic carbocycles. The van der Waals surface area contributed by atoms with Gasteiger partial charge in [-0.05, 0) is 19.8 Å². The van der Waals surface area contributed by atoms with Crippen molar-refractivity contribution in [2.24, 2.45) is 0 Å². The standard InChI is InChI=1S/C15H24B2O2/c1-3-4-5-9-12-15(16,17)13-10-7-6-8-11-14(18)19-2/h3-4,9,12H,5-8,10-11,13H2,1-2H3/b4-3-,12-9-. The predicted octanol–water partition coefficient (Wildman–Crippen LogP) is 3.48. The Hall–Kier alpha value is -0.920. The molecule has 0 aromatic carbocycles. The van der Waals surface area contributed by atoms with Crippen LogP contribution in [0.25, 0.3) is 0 Å². The first-order chi connectivity index (χ1) is 9.02. The summed E-state index contributed by atoms with van der Waals surface area (Å²) in [6, 6.07) is 0. The Morgan fingerprint density at radius 2 is 1.84 bits per heavy atom. The molecule has 19 heavy (non-hydrogen) atoms. The van der Waals surface area contributed by atoms with E-state index in [1.165, 1.54) is 7.11 Å². The molecular formula is C15H24B2O2. The Labute approximate surface area is 120 Å². The van der Waals surface area contributed by atoms with Crippen molar-refractivity contribution < 1.29 is 9.53 Å². The summed E-state index contributed by atoms with van der Waals surface area (Å²) in [6.07, 6.45) is 13.9. The van der Waals surface area contributed by atoms with Gasteiger partial charge in [-0.1, -0.05) is 55.2 Å². The molecule has 4 radical (unpaired) electrons. The van der Waals surface area contributed by atoms with E-state index in [1.54, 1.807) is 0 Å². The van der Waals surface area contributed by atoms with E-state index >= 15 is 0 Å². The van der Waals surface area contributed by atoms with Crippen LogP contribution in [-0.2, 0) is 9.53 Å². The lowest BCUT2D eigenvalue weighted by Gasteiger charge is -2.20. The van der Waals surface area contributed by atoms with Crippen LogP contribution in [0.1, 0.15) is 51.9 Å². The largest absolute Gasteiger partial charge is 0.469 e. The molecule has 0 heterocycles. The van der Waals surface area contributed by atoms with Crippen LogP contribution in [0.3, 0.4) is 0 Å². The Balaban J connectivity index is 3.63. The summed E-state index contributed by atoms with van der Waals surface area (Å²) in [5.74, 6) is -0.140. The average molecular weight is 258 g/mol. The van der Waals surface area contributed by atoms with Gasteiger partial charge in [-0.3, -0.25) is 4.79 Å². The molecule has 0 aliphatic rings. The summed E-state index contributed by atoms with van der Waals surface area (Å²) in [5, 5.41) is -0.718. The summed E-state index contributed by atoms with van der Waals surface area (Å²) in [6.45, 7) is 1.99. The van der Waals surface area contributed by atoms with Gasteiger partial charge < -0.3 is 4.74 Å². The number of methoxy groups -OCH3 is 1. The van der Waals surface area contributed by atoms with Gasteiger partial charge in [0.1, 0.15) is 0 Å². The molecule has 0 N–H and O–H groups in total. The average Bonchev–Trinajstić information content (AvgIpc) is 2.38. The molecule has 4 heteroatoms. The van der Waals surface area contributed by atoms with E-state index in [1.807, 2.05) is 25.2 Å². The fourth-order valence-electron chi connectivity index (χ4n) is 1.74. The molecule has 0 aromatic rings. The van der Waals surface area contributed by atoms with Crippen LogP contribution in [0.4, 0.5) is 0 Å². The zero-order chi connectivity index (χ0) is 14.6. The number of allylic oxidation sites excluding steroid dienone is 4. The van der Waals surface area contributed by atoms with E-state index in [4.69, 9.17) is 15.7 Å². The Morgan fingerprint density at radius 3 is 2.47 bits per heavy atom. The maximum Gasteiger partial charge on any atom is 0.305 e. The van der Waals surface area contributed by atoms with Crippen molar-refractivity contribution in [2.75, 3.05) is 7.11 Å². The lowest BCUT2D eigenvalue weighted by molar-refractivity contribution is -0.140. The molecule has 0 spiro atoms. The quantitative estimate of drug-likeness (QED) is 0.259. The Kier molecular flexibility index (Phi) is 10.4. The first-order valence-corrected chi connectivity index (χ1v) is 6.95. The molecule has 102 valence electrons. The molecule has 0 atom stereocenters. The van der Waals surface area contributed by atoms with Crippen molar-refractivity contribution in [3.63, 3.8) is 0 Å². The summed E-state index contributed by atoms with van der Waals surface area (Å²) in [5.41, 5.74) is 0. The fraction of sp³-hybridized carbons (Fsp3) is 0.667. The van der Waals surface area contributed by atoms with Crippen LogP contribution in [0, 0.1) is 0 Å². The van der Waals surface area contributed by atoms with Crippen molar-refractivity contribution in [1.29, 1.82) is 0 Å². The zero-order valence-electron chi connectivity index (χ0n) is 12.2. The van der Waals surface area contributed by atoms with E-state index in [2.05, 4.69) is 10.8 Å². The minimum Gasteiger partial charge on any atom is -0.469 e. The SMILES string of the molecule is [B]C([B])(/C=C\C/C=C\C)CCCCCCC(=O)OC. The lowest BCUT2D eigenvalue weighted by Crippen LogP contribution is -2.09. The number of carbonyl (C=O) groups is 1. The summed E-state index contributed by atoms with van der Waals surface area (Å²) in [4.78, 5) is 10.9. The molecule has 0 aliphatic heterocycles. The molecule has 0 amide bonds. The number of rotatable bonds is 10. The van der Waals surface area contributed by atoms with Gasteiger partial charge in [-0.2, -0.15) is 0 Å². The maximum absolute atomic E-state index is 10.9. The van der Waals surface area contributed by atoms with Gasteiger partial charge in [-0.25, -0.2) is 0 Å². The van der Waals surface area contributed by atoms with Crippen LogP contribution < -0.4 is 0 Å². The molecule has 0 bridgehead atoms. The number of hydrogen-bond acceptors (Lipinski definition) is 2. The molecule has 0 fully saturated rings. The molecule has 0 unspecified atom stereocenters. The third-order valence-corrected chi connectivity index (χ3v) is 2.90. The minimum absolute atomic E-state index is 0.140. The van der Waals surface area contributed by atoms with Gasteiger partial charge >= 0.3 is 5.97 Å². The van der Waals surface area contributed by atoms with E-state index in [9.17, 15) is 4.79 Å². The number of unbranched alkanes of at least 4 members (excludes halogenated alkanes) is 3. The molecule has 0 rings (SSSR count). The first kappa shape index (κ1) is 18.1. The normalized spacial score (nSPS) is 12.3. The Morgan fingerprint density at radius 1 is 1.16 bits per heavy atom. The summed E-state index contributed by atoms with van der Waals surface area (Å²) >= 11 is 0. The van der Waals surface area contributed by atoms with Crippen molar-refractivity contribution >= 4 is 21.7 Å². The third-order valence-electron chi connectivity index (χ3n) is 2.90. The van der Waals surface area contributed by atoms with Gasteiger partial charge in [-0.15, -0.1) is 0 Å². The van der Waals surface area contributed by atoms with E-state index < -0.39 is 5.21 Å². The number of esters is 1. The summed E-state index contributed by atoms with van der Waals surface area (Å²) < 4.78 is 4.58. The highest BCUT2D eigenvalue weighted by atomic mass is 16.5. The first-order valence-electron chi connectivity index (χ1n) is 6.95. The monoisotopic (exact) mass is 258 g/mol. The van der Waals surface area contributed by atoms with Crippen LogP contribution >= 0.6 is 0 Å². The van der Waals surface area contributed by atoms with Crippen molar-refractivity contribution in [3.8, 4) is 0 Å². The third kappa shape index (κ3) is 11.9.